The summed E-state index contributed by atoms with van der Waals surface area (Å²) >= 11 is 1.78. The van der Waals surface area contributed by atoms with E-state index in [4.69, 9.17) is 0 Å². The highest BCUT2D eigenvalue weighted by Gasteiger charge is 2.35. The molecule has 33 heavy (non-hydrogen) atoms. The summed E-state index contributed by atoms with van der Waals surface area (Å²) in [5.41, 5.74) is 2.83. The molecule has 4 heterocycles. The number of carbonyl (C=O) groups is 1. The van der Waals surface area contributed by atoms with Crippen molar-refractivity contribution >= 4 is 23.1 Å². The van der Waals surface area contributed by atoms with Crippen LogP contribution in [0.5, 0.6) is 0 Å². The fraction of sp³-hybridized carbons (Fsp3) is 0.375. The minimum Gasteiger partial charge on any atom is -0.312 e. The molecule has 2 amide bonds. The first kappa shape index (κ1) is 22.0. The van der Waals surface area contributed by atoms with Crippen molar-refractivity contribution in [2.24, 2.45) is 0 Å². The second-order valence-corrected chi connectivity index (χ2v) is 9.72. The Morgan fingerprint density at radius 3 is 2.76 bits per heavy atom. The number of amides is 2. The Hall–Kier alpha value is -2.78. The second kappa shape index (κ2) is 8.22. The maximum Gasteiger partial charge on any atom is 0.416 e. The van der Waals surface area contributed by atoms with Gasteiger partial charge in [-0.05, 0) is 55.8 Å². The molecule has 5 nitrogen and oxygen atoms in total. The lowest BCUT2D eigenvalue weighted by Gasteiger charge is -2.31. The second-order valence-electron chi connectivity index (χ2n) is 8.64. The Morgan fingerprint density at radius 1 is 1.18 bits per heavy atom. The van der Waals surface area contributed by atoms with Gasteiger partial charge in [-0.25, -0.2) is 4.79 Å². The number of carbonyl (C=O) groups excluding carboxylic acids is 1. The van der Waals surface area contributed by atoms with Gasteiger partial charge in [0.2, 0.25) is 0 Å². The molecule has 0 saturated heterocycles. The average molecular weight is 475 g/mol. The summed E-state index contributed by atoms with van der Waals surface area (Å²) in [5, 5.41) is 3.86. The molecule has 1 unspecified atom stereocenters. The molecule has 0 bridgehead atoms. The van der Waals surface area contributed by atoms with Crippen molar-refractivity contribution in [3.8, 4) is 5.00 Å². The third-order valence-electron chi connectivity index (χ3n) is 6.47. The van der Waals surface area contributed by atoms with Gasteiger partial charge in [0.15, 0.2) is 0 Å². The predicted molar refractivity (Wildman–Crippen MR) is 123 cm³/mol. The van der Waals surface area contributed by atoms with Gasteiger partial charge in [0.05, 0.1) is 18.2 Å². The fourth-order valence-corrected chi connectivity index (χ4v) is 6.28. The number of likely N-dealkylation sites (N-methyl/N-ethyl adjacent to an activating group) is 1. The van der Waals surface area contributed by atoms with E-state index in [9.17, 15) is 18.0 Å². The molecule has 9 heteroatoms. The van der Waals surface area contributed by atoms with Crippen molar-refractivity contribution in [1.29, 1.82) is 0 Å². The fourth-order valence-electron chi connectivity index (χ4n) is 4.84. The lowest BCUT2D eigenvalue weighted by Crippen LogP contribution is -2.37. The normalized spacial score (nSPS) is 18.3. The van der Waals surface area contributed by atoms with Crippen LogP contribution < -0.4 is 5.32 Å². The van der Waals surface area contributed by atoms with Crippen LogP contribution in [0.1, 0.15) is 46.6 Å². The highest BCUT2D eigenvalue weighted by molar-refractivity contribution is 7.15. The Bertz CT molecular complexity index is 1200. The summed E-state index contributed by atoms with van der Waals surface area (Å²) in [6.45, 7) is 4.30. The summed E-state index contributed by atoms with van der Waals surface area (Å²) in [5.74, 6) is 0. The standard InChI is InChI=1S/C24H25F3N4OS/c1-3-19-20-8-5-10-30(20)22-18(17-9-11-29(2)14-21(17)33-22)13-31(19)23(32)28-16-7-4-6-15(12-16)24(25,26)27/h4-8,10,12,19H,3,9,11,13-14H2,1-2H3,(H,28,32). The first-order chi connectivity index (χ1) is 15.8. The van der Waals surface area contributed by atoms with Gasteiger partial charge in [-0.1, -0.05) is 13.0 Å². The van der Waals surface area contributed by atoms with Crippen molar-refractivity contribution in [3.05, 3.63) is 69.9 Å². The molecule has 0 saturated carbocycles. The van der Waals surface area contributed by atoms with Crippen LogP contribution in [0.4, 0.5) is 23.7 Å². The van der Waals surface area contributed by atoms with E-state index < -0.39 is 17.8 Å². The van der Waals surface area contributed by atoms with Gasteiger partial charge in [-0.15, -0.1) is 11.3 Å². The van der Waals surface area contributed by atoms with Crippen LogP contribution in [0.25, 0.3) is 5.00 Å². The van der Waals surface area contributed by atoms with Crippen LogP contribution in [0, 0.1) is 0 Å². The molecule has 0 fully saturated rings. The van der Waals surface area contributed by atoms with Gasteiger partial charge >= 0.3 is 12.2 Å². The van der Waals surface area contributed by atoms with Crippen molar-refractivity contribution in [2.45, 2.75) is 45.1 Å². The number of benzene rings is 1. The zero-order chi connectivity index (χ0) is 23.3. The maximum absolute atomic E-state index is 13.5. The van der Waals surface area contributed by atoms with Crippen molar-refractivity contribution < 1.29 is 18.0 Å². The average Bonchev–Trinajstić information content (AvgIpc) is 3.35. The SMILES string of the molecule is CCC1c2cccn2-c2sc3c(c2CN1C(=O)Nc1cccc(C(F)(F)F)c1)CCN(C)C3. The largest absolute Gasteiger partial charge is 0.416 e. The maximum atomic E-state index is 13.5. The number of anilines is 1. The van der Waals surface area contributed by atoms with E-state index in [0.717, 1.165) is 47.9 Å². The number of fused-ring (bicyclic) bond motifs is 5. The van der Waals surface area contributed by atoms with Crippen LogP contribution in [0.2, 0.25) is 0 Å². The van der Waals surface area contributed by atoms with E-state index in [1.807, 2.05) is 25.3 Å². The third-order valence-corrected chi connectivity index (χ3v) is 7.73. The van der Waals surface area contributed by atoms with Crippen LogP contribution in [-0.2, 0) is 25.7 Å². The minimum atomic E-state index is -4.46. The third kappa shape index (κ3) is 3.93. The number of rotatable bonds is 2. The topological polar surface area (TPSA) is 40.5 Å². The Kier molecular flexibility index (Phi) is 5.49. The lowest BCUT2D eigenvalue weighted by atomic mass is 10.0. The van der Waals surface area contributed by atoms with Gasteiger partial charge in [-0.2, -0.15) is 13.2 Å². The van der Waals surface area contributed by atoms with Crippen molar-refractivity contribution in [2.75, 3.05) is 18.9 Å². The van der Waals surface area contributed by atoms with Gasteiger partial charge in [0, 0.05) is 41.1 Å². The van der Waals surface area contributed by atoms with Gasteiger partial charge < -0.3 is 19.7 Å². The number of thiophene rings is 1. The van der Waals surface area contributed by atoms with Gasteiger partial charge in [-0.3, -0.25) is 0 Å². The van der Waals surface area contributed by atoms with Crippen LogP contribution in [0.15, 0.2) is 42.6 Å². The van der Waals surface area contributed by atoms with E-state index in [1.54, 1.807) is 16.2 Å². The molecule has 1 atom stereocenters. The van der Waals surface area contributed by atoms with Crippen LogP contribution >= 0.6 is 11.3 Å². The Morgan fingerprint density at radius 2 is 2.00 bits per heavy atom. The number of nitrogens with one attached hydrogen (secondary N) is 1. The van der Waals surface area contributed by atoms with E-state index in [0.29, 0.717) is 13.0 Å². The van der Waals surface area contributed by atoms with Crippen LogP contribution in [-0.4, -0.2) is 34.0 Å². The Labute approximate surface area is 194 Å². The Balaban J connectivity index is 1.52. The lowest BCUT2D eigenvalue weighted by molar-refractivity contribution is -0.137. The number of hydrogen-bond acceptors (Lipinski definition) is 3. The zero-order valence-corrected chi connectivity index (χ0v) is 19.3. The predicted octanol–water partition coefficient (Wildman–Crippen LogP) is 6.04. The van der Waals surface area contributed by atoms with E-state index >= 15 is 0 Å². The molecule has 2 aromatic heterocycles. The molecule has 0 spiro atoms. The first-order valence-electron chi connectivity index (χ1n) is 11.0. The first-order valence-corrected chi connectivity index (χ1v) is 11.8. The molecular formula is C24H25F3N4OS. The number of hydrogen-bond donors (Lipinski definition) is 1. The molecule has 5 rings (SSSR count). The van der Waals surface area contributed by atoms with E-state index in [-0.39, 0.29) is 11.7 Å². The molecular weight excluding hydrogens is 449 g/mol. The van der Waals surface area contributed by atoms with Gasteiger partial charge in [0.1, 0.15) is 5.00 Å². The highest BCUT2D eigenvalue weighted by atomic mass is 32.1. The summed E-state index contributed by atoms with van der Waals surface area (Å²) in [6, 6.07) is 8.22. The number of nitrogens with zero attached hydrogens (tertiary/aromatic N) is 3. The van der Waals surface area contributed by atoms with E-state index in [1.165, 1.54) is 22.6 Å². The quantitative estimate of drug-likeness (QED) is 0.492. The van der Waals surface area contributed by atoms with Crippen LogP contribution in [0.3, 0.4) is 0 Å². The molecule has 0 radical (unpaired) electrons. The number of halogens is 3. The molecule has 2 aliphatic rings. The summed E-state index contributed by atoms with van der Waals surface area (Å²) < 4.78 is 41.6. The molecule has 3 aromatic rings. The van der Waals surface area contributed by atoms with Crippen molar-refractivity contribution in [3.63, 3.8) is 0 Å². The number of urea groups is 1. The molecule has 174 valence electrons. The smallest absolute Gasteiger partial charge is 0.312 e. The molecule has 0 aliphatic carbocycles. The zero-order valence-electron chi connectivity index (χ0n) is 18.4. The molecule has 2 aliphatic heterocycles. The van der Waals surface area contributed by atoms with E-state index in [2.05, 4.69) is 21.8 Å². The monoisotopic (exact) mass is 474 g/mol. The summed E-state index contributed by atoms with van der Waals surface area (Å²) in [6.07, 6.45) is -0.807. The molecule has 1 aromatic carbocycles. The van der Waals surface area contributed by atoms with Gasteiger partial charge in [0.25, 0.3) is 0 Å². The highest BCUT2D eigenvalue weighted by Crippen LogP contribution is 2.42. The minimum absolute atomic E-state index is 0.138. The van der Waals surface area contributed by atoms with Crippen molar-refractivity contribution in [1.82, 2.24) is 14.4 Å². The summed E-state index contributed by atoms with van der Waals surface area (Å²) in [4.78, 5) is 18.8. The number of alkyl halides is 3. The summed E-state index contributed by atoms with van der Waals surface area (Å²) in [7, 11) is 2.11. The molecule has 1 N–H and O–H groups in total. The number of aromatic nitrogens is 1.